The Morgan fingerprint density at radius 3 is 2.88 bits per heavy atom. The molecule has 0 spiro atoms. The van der Waals surface area contributed by atoms with Crippen molar-refractivity contribution in [2.45, 2.75) is 20.0 Å². The van der Waals surface area contributed by atoms with Gasteiger partial charge in [-0.25, -0.2) is 4.68 Å². The summed E-state index contributed by atoms with van der Waals surface area (Å²) in [6, 6.07) is 11.2. The molecule has 1 aromatic heterocycles. The number of benzene rings is 2. The molecule has 0 saturated carbocycles. The first-order valence-corrected chi connectivity index (χ1v) is 8.13. The number of aromatic nitrogens is 3. The van der Waals surface area contributed by atoms with Gasteiger partial charge in [0.15, 0.2) is 11.5 Å². The normalized spacial score (nSPS) is 12.6. The van der Waals surface area contributed by atoms with E-state index in [2.05, 4.69) is 10.3 Å². The van der Waals surface area contributed by atoms with Gasteiger partial charge in [-0.3, -0.25) is 4.79 Å². The second kappa shape index (κ2) is 6.08. The SMILES string of the molecule is CCn1nnc2cc(C(=O)N(C)Cc3ccc4c(c3)OCO4)ccc21. The molecule has 0 aliphatic carbocycles. The van der Waals surface area contributed by atoms with Crippen LogP contribution in [0.2, 0.25) is 0 Å². The van der Waals surface area contributed by atoms with Crippen LogP contribution < -0.4 is 9.47 Å². The standard InChI is InChI=1S/C18H18N4O3/c1-3-22-15-6-5-13(9-14(15)19-20-22)18(23)21(2)10-12-4-7-16-17(8-12)25-11-24-16/h4-9H,3,10-11H2,1-2H3. The van der Waals surface area contributed by atoms with Gasteiger partial charge in [0, 0.05) is 25.7 Å². The molecule has 0 N–H and O–H groups in total. The Morgan fingerprint density at radius 1 is 1.20 bits per heavy atom. The molecule has 7 nitrogen and oxygen atoms in total. The Labute approximate surface area is 144 Å². The summed E-state index contributed by atoms with van der Waals surface area (Å²) >= 11 is 0. The van der Waals surface area contributed by atoms with Gasteiger partial charge in [-0.1, -0.05) is 11.3 Å². The molecule has 3 aromatic rings. The van der Waals surface area contributed by atoms with Crippen LogP contribution in [-0.4, -0.2) is 39.6 Å². The molecule has 7 heteroatoms. The second-order valence-corrected chi connectivity index (χ2v) is 5.96. The third kappa shape index (κ3) is 2.77. The third-order valence-corrected chi connectivity index (χ3v) is 4.26. The van der Waals surface area contributed by atoms with Gasteiger partial charge in [0.2, 0.25) is 6.79 Å². The topological polar surface area (TPSA) is 69.5 Å². The Morgan fingerprint density at radius 2 is 2.04 bits per heavy atom. The Kier molecular flexibility index (Phi) is 3.76. The number of nitrogens with zero attached hydrogens (tertiary/aromatic N) is 4. The number of rotatable bonds is 4. The third-order valence-electron chi connectivity index (χ3n) is 4.26. The summed E-state index contributed by atoms with van der Waals surface area (Å²) in [6.07, 6.45) is 0. The molecule has 2 heterocycles. The lowest BCUT2D eigenvalue weighted by molar-refractivity contribution is 0.0785. The lowest BCUT2D eigenvalue weighted by Crippen LogP contribution is -2.26. The fourth-order valence-corrected chi connectivity index (χ4v) is 2.94. The number of carbonyl (C=O) groups excluding carboxylic acids is 1. The molecule has 0 unspecified atom stereocenters. The summed E-state index contributed by atoms with van der Waals surface area (Å²) in [4.78, 5) is 14.4. The van der Waals surface area contributed by atoms with E-state index >= 15 is 0 Å². The van der Waals surface area contributed by atoms with Gasteiger partial charge in [0.05, 0.1) is 5.52 Å². The van der Waals surface area contributed by atoms with E-state index in [1.54, 1.807) is 22.7 Å². The molecule has 0 fully saturated rings. The summed E-state index contributed by atoms with van der Waals surface area (Å²) in [7, 11) is 1.78. The van der Waals surface area contributed by atoms with E-state index in [-0.39, 0.29) is 12.7 Å². The van der Waals surface area contributed by atoms with Crippen molar-refractivity contribution in [3.8, 4) is 11.5 Å². The quantitative estimate of drug-likeness (QED) is 0.731. The van der Waals surface area contributed by atoms with Gasteiger partial charge in [0.25, 0.3) is 5.91 Å². The number of fused-ring (bicyclic) bond motifs is 2. The van der Waals surface area contributed by atoms with Crippen molar-refractivity contribution in [3.63, 3.8) is 0 Å². The lowest BCUT2D eigenvalue weighted by atomic mass is 10.1. The molecule has 0 saturated heterocycles. The minimum Gasteiger partial charge on any atom is -0.454 e. The average molecular weight is 338 g/mol. The minimum atomic E-state index is -0.0642. The molecular weight excluding hydrogens is 320 g/mol. The number of hydrogen-bond donors (Lipinski definition) is 0. The van der Waals surface area contributed by atoms with Crippen molar-refractivity contribution in [3.05, 3.63) is 47.5 Å². The summed E-state index contributed by atoms with van der Waals surface area (Å²) in [5.74, 6) is 1.39. The van der Waals surface area contributed by atoms with E-state index in [0.29, 0.717) is 12.1 Å². The first-order chi connectivity index (χ1) is 12.2. The summed E-state index contributed by atoms with van der Waals surface area (Å²) < 4.78 is 12.5. The van der Waals surface area contributed by atoms with E-state index in [9.17, 15) is 4.79 Å². The van der Waals surface area contributed by atoms with E-state index in [4.69, 9.17) is 9.47 Å². The van der Waals surface area contributed by atoms with Gasteiger partial charge < -0.3 is 14.4 Å². The van der Waals surface area contributed by atoms with Gasteiger partial charge in [-0.2, -0.15) is 0 Å². The Balaban J connectivity index is 1.53. The van der Waals surface area contributed by atoms with Crippen molar-refractivity contribution < 1.29 is 14.3 Å². The fourth-order valence-electron chi connectivity index (χ4n) is 2.94. The number of ether oxygens (including phenoxy) is 2. The van der Waals surface area contributed by atoms with Crippen LogP contribution in [0.1, 0.15) is 22.8 Å². The molecule has 0 radical (unpaired) electrons. The van der Waals surface area contributed by atoms with Gasteiger partial charge in [0.1, 0.15) is 5.52 Å². The second-order valence-electron chi connectivity index (χ2n) is 5.96. The zero-order valence-corrected chi connectivity index (χ0v) is 14.1. The summed E-state index contributed by atoms with van der Waals surface area (Å²) in [5, 5.41) is 8.20. The van der Waals surface area contributed by atoms with Crippen LogP contribution in [0.25, 0.3) is 11.0 Å². The molecule has 1 aliphatic rings. The van der Waals surface area contributed by atoms with Crippen molar-refractivity contribution >= 4 is 16.9 Å². The van der Waals surface area contributed by atoms with Crippen molar-refractivity contribution in [1.82, 2.24) is 19.9 Å². The van der Waals surface area contributed by atoms with Crippen LogP contribution in [0.15, 0.2) is 36.4 Å². The maximum absolute atomic E-state index is 12.7. The number of aryl methyl sites for hydroxylation is 1. The molecule has 2 aromatic carbocycles. The first-order valence-electron chi connectivity index (χ1n) is 8.13. The molecule has 1 aliphatic heterocycles. The van der Waals surface area contributed by atoms with E-state index in [1.165, 1.54) is 0 Å². The van der Waals surface area contributed by atoms with Crippen LogP contribution in [0.3, 0.4) is 0 Å². The predicted molar refractivity (Wildman–Crippen MR) is 91.6 cm³/mol. The van der Waals surface area contributed by atoms with Crippen LogP contribution in [0, 0.1) is 0 Å². The van der Waals surface area contributed by atoms with E-state index < -0.39 is 0 Å². The number of carbonyl (C=O) groups is 1. The molecule has 25 heavy (non-hydrogen) atoms. The smallest absolute Gasteiger partial charge is 0.253 e. The maximum Gasteiger partial charge on any atom is 0.253 e. The highest BCUT2D eigenvalue weighted by Gasteiger charge is 2.17. The highest BCUT2D eigenvalue weighted by atomic mass is 16.7. The zero-order chi connectivity index (χ0) is 17.4. The summed E-state index contributed by atoms with van der Waals surface area (Å²) in [6.45, 7) is 3.47. The molecule has 128 valence electrons. The number of amides is 1. The first kappa shape index (κ1) is 15.4. The minimum absolute atomic E-state index is 0.0642. The lowest BCUT2D eigenvalue weighted by Gasteiger charge is -2.17. The van der Waals surface area contributed by atoms with E-state index in [0.717, 1.165) is 34.6 Å². The fraction of sp³-hybridized carbons (Fsp3) is 0.278. The monoisotopic (exact) mass is 338 g/mol. The van der Waals surface area contributed by atoms with Crippen LogP contribution in [0.4, 0.5) is 0 Å². The van der Waals surface area contributed by atoms with Crippen molar-refractivity contribution in [2.24, 2.45) is 0 Å². The molecule has 0 atom stereocenters. The zero-order valence-electron chi connectivity index (χ0n) is 14.1. The van der Waals surface area contributed by atoms with Crippen LogP contribution in [-0.2, 0) is 13.1 Å². The highest BCUT2D eigenvalue weighted by molar-refractivity contribution is 5.97. The molecular formula is C18H18N4O3. The molecule has 1 amide bonds. The van der Waals surface area contributed by atoms with Crippen molar-refractivity contribution in [1.29, 1.82) is 0 Å². The highest BCUT2D eigenvalue weighted by Crippen LogP contribution is 2.32. The van der Waals surface area contributed by atoms with Crippen LogP contribution >= 0.6 is 0 Å². The van der Waals surface area contributed by atoms with Gasteiger partial charge in [-0.05, 0) is 42.8 Å². The Hall–Kier alpha value is -3.09. The van der Waals surface area contributed by atoms with Gasteiger partial charge in [-0.15, -0.1) is 5.10 Å². The largest absolute Gasteiger partial charge is 0.454 e. The Bertz CT molecular complexity index is 951. The average Bonchev–Trinajstić information content (AvgIpc) is 3.26. The molecule has 0 bridgehead atoms. The maximum atomic E-state index is 12.7. The van der Waals surface area contributed by atoms with E-state index in [1.807, 2.05) is 37.3 Å². The van der Waals surface area contributed by atoms with Crippen LogP contribution in [0.5, 0.6) is 11.5 Å². The summed E-state index contributed by atoms with van der Waals surface area (Å²) in [5.41, 5.74) is 3.23. The van der Waals surface area contributed by atoms with Gasteiger partial charge >= 0.3 is 0 Å². The predicted octanol–water partition coefficient (Wildman–Crippen LogP) is 2.45. The van der Waals surface area contributed by atoms with Crippen molar-refractivity contribution in [2.75, 3.05) is 13.8 Å². The number of hydrogen-bond acceptors (Lipinski definition) is 5. The molecule has 4 rings (SSSR count).